The summed E-state index contributed by atoms with van der Waals surface area (Å²) in [6.07, 6.45) is 3.63. The van der Waals surface area contributed by atoms with E-state index in [9.17, 15) is 4.79 Å². The highest BCUT2D eigenvalue weighted by molar-refractivity contribution is 5.72. The average molecular weight is 182 g/mol. The molecular formula is C8H14N4O. The molecule has 1 aromatic rings. The Morgan fingerprint density at radius 1 is 1.62 bits per heavy atom. The van der Waals surface area contributed by atoms with Gasteiger partial charge in [-0.2, -0.15) is 5.10 Å². The third kappa shape index (κ3) is 3.59. The van der Waals surface area contributed by atoms with E-state index in [0.29, 0.717) is 13.1 Å². The van der Waals surface area contributed by atoms with Gasteiger partial charge in [-0.15, -0.1) is 0 Å². The van der Waals surface area contributed by atoms with Gasteiger partial charge in [0.15, 0.2) is 0 Å². The minimum absolute atomic E-state index is 0.00649. The number of hydrogen-bond acceptors (Lipinski definition) is 3. The highest BCUT2D eigenvalue weighted by Crippen LogP contribution is 2.01. The molecule has 0 saturated carbocycles. The minimum atomic E-state index is -0.00649. The molecule has 0 atom stereocenters. The van der Waals surface area contributed by atoms with Gasteiger partial charge in [0.25, 0.3) is 0 Å². The molecule has 0 unspecified atom stereocenters. The maximum Gasteiger partial charge on any atom is 0.216 e. The van der Waals surface area contributed by atoms with Crippen LogP contribution in [0.15, 0.2) is 12.4 Å². The van der Waals surface area contributed by atoms with Crippen molar-refractivity contribution in [2.75, 3.05) is 18.4 Å². The zero-order chi connectivity index (χ0) is 9.68. The van der Waals surface area contributed by atoms with Crippen molar-refractivity contribution < 1.29 is 4.79 Å². The Hall–Kier alpha value is -1.52. The molecule has 1 amide bonds. The molecule has 5 heteroatoms. The van der Waals surface area contributed by atoms with Gasteiger partial charge in [0.1, 0.15) is 0 Å². The van der Waals surface area contributed by atoms with Crippen LogP contribution in [0, 0.1) is 0 Å². The van der Waals surface area contributed by atoms with Gasteiger partial charge in [-0.1, -0.05) is 0 Å². The standard InChI is InChI=1S/C8H14N4O/c1-7(13)9-3-4-10-8-5-11-12(2)6-8/h5-6,10H,3-4H2,1-2H3,(H,9,13). The zero-order valence-corrected chi connectivity index (χ0v) is 7.87. The van der Waals surface area contributed by atoms with Crippen LogP contribution in [0.3, 0.4) is 0 Å². The van der Waals surface area contributed by atoms with Crippen LogP contribution in [0.1, 0.15) is 6.92 Å². The second-order valence-corrected chi connectivity index (χ2v) is 2.81. The van der Waals surface area contributed by atoms with Crippen LogP contribution in [0.4, 0.5) is 5.69 Å². The largest absolute Gasteiger partial charge is 0.381 e. The number of hydrogen-bond donors (Lipinski definition) is 2. The number of carbonyl (C=O) groups excluding carboxylic acids is 1. The van der Waals surface area contributed by atoms with Crippen molar-refractivity contribution in [1.29, 1.82) is 0 Å². The van der Waals surface area contributed by atoms with Crippen molar-refractivity contribution in [2.45, 2.75) is 6.92 Å². The van der Waals surface area contributed by atoms with Gasteiger partial charge < -0.3 is 10.6 Å². The van der Waals surface area contributed by atoms with Crippen LogP contribution in [-0.4, -0.2) is 28.8 Å². The average Bonchev–Trinajstić information content (AvgIpc) is 2.45. The molecule has 72 valence electrons. The molecule has 1 rings (SSSR count). The van der Waals surface area contributed by atoms with Crippen molar-refractivity contribution in [3.8, 4) is 0 Å². The van der Waals surface area contributed by atoms with E-state index in [0.717, 1.165) is 5.69 Å². The lowest BCUT2D eigenvalue weighted by Gasteiger charge is -2.03. The molecular weight excluding hydrogens is 168 g/mol. The van der Waals surface area contributed by atoms with Gasteiger partial charge in [-0.3, -0.25) is 9.48 Å². The summed E-state index contributed by atoms with van der Waals surface area (Å²) in [5.74, 6) is -0.00649. The van der Waals surface area contributed by atoms with Crippen LogP contribution in [0.2, 0.25) is 0 Å². The lowest BCUT2D eigenvalue weighted by Crippen LogP contribution is -2.26. The number of aryl methyl sites for hydroxylation is 1. The topological polar surface area (TPSA) is 59.0 Å². The molecule has 1 heterocycles. The summed E-state index contributed by atoms with van der Waals surface area (Å²) in [7, 11) is 1.86. The van der Waals surface area contributed by atoms with Crippen LogP contribution < -0.4 is 10.6 Å². The van der Waals surface area contributed by atoms with Crippen LogP contribution in [0.25, 0.3) is 0 Å². The molecule has 0 radical (unpaired) electrons. The Labute approximate surface area is 77.1 Å². The number of carbonyl (C=O) groups is 1. The fraction of sp³-hybridized carbons (Fsp3) is 0.500. The molecule has 0 saturated heterocycles. The molecule has 0 bridgehead atoms. The highest BCUT2D eigenvalue weighted by atomic mass is 16.1. The fourth-order valence-electron chi connectivity index (χ4n) is 0.958. The monoisotopic (exact) mass is 182 g/mol. The van der Waals surface area contributed by atoms with Crippen molar-refractivity contribution in [3.63, 3.8) is 0 Å². The summed E-state index contributed by atoms with van der Waals surface area (Å²) in [4.78, 5) is 10.5. The first-order valence-corrected chi connectivity index (χ1v) is 4.15. The van der Waals surface area contributed by atoms with Gasteiger partial charge in [0.2, 0.25) is 5.91 Å². The smallest absolute Gasteiger partial charge is 0.216 e. The van der Waals surface area contributed by atoms with Crippen molar-refractivity contribution in [2.24, 2.45) is 7.05 Å². The van der Waals surface area contributed by atoms with Crippen LogP contribution in [-0.2, 0) is 11.8 Å². The summed E-state index contributed by atoms with van der Waals surface area (Å²) in [5.41, 5.74) is 0.966. The second-order valence-electron chi connectivity index (χ2n) is 2.81. The van der Waals surface area contributed by atoms with Gasteiger partial charge in [-0.05, 0) is 0 Å². The van der Waals surface area contributed by atoms with E-state index in [1.165, 1.54) is 6.92 Å². The quantitative estimate of drug-likeness (QED) is 0.643. The second kappa shape index (κ2) is 4.49. The predicted molar refractivity (Wildman–Crippen MR) is 50.4 cm³/mol. The number of nitrogens with one attached hydrogen (secondary N) is 2. The molecule has 1 aromatic heterocycles. The van der Waals surface area contributed by atoms with Crippen LogP contribution in [0.5, 0.6) is 0 Å². The van der Waals surface area contributed by atoms with E-state index in [2.05, 4.69) is 15.7 Å². The van der Waals surface area contributed by atoms with Crippen molar-refractivity contribution in [1.82, 2.24) is 15.1 Å². The lowest BCUT2D eigenvalue weighted by atomic mass is 10.5. The molecule has 0 aliphatic carbocycles. The summed E-state index contributed by atoms with van der Waals surface area (Å²) >= 11 is 0. The maximum atomic E-state index is 10.5. The van der Waals surface area contributed by atoms with Crippen LogP contribution >= 0.6 is 0 Å². The lowest BCUT2D eigenvalue weighted by molar-refractivity contribution is -0.118. The Morgan fingerprint density at radius 3 is 2.92 bits per heavy atom. The van der Waals surface area contributed by atoms with Gasteiger partial charge in [-0.25, -0.2) is 0 Å². The van der Waals surface area contributed by atoms with Crippen molar-refractivity contribution >= 4 is 11.6 Å². The maximum absolute atomic E-state index is 10.5. The Kier molecular flexibility index (Phi) is 3.31. The Balaban J connectivity index is 2.16. The first-order chi connectivity index (χ1) is 6.18. The fourth-order valence-corrected chi connectivity index (χ4v) is 0.958. The predicted octanol–water partition coefficient (Wildman–Crippen LogP) is -0.0319. The first kappa shape index (κ1) is 9.57. The number of anilines is 1. The molecule has 0 spiro atoms. The number of nitrogens with zero attached hydrogens (tertiary/aromatic N) is 2. The van der Waals surface area contributed by atoms with Gasteiger partial charge in [0, 0.05) is 33.3 Å². The molecule has 0 fully saturated rings. The van der Waals surface area contributed by atoms with E-state index in [4.69, 9.17) is 0 Å². The Bertz CT molecular complexity index is 281. The van der Waals surface area contributed by atoms with Crippen molar-refractivity contribution in [3.05, 3.63) is 12.4 Å². The summed E-state index contributed by atoms with van der Waals surface area (Å²) < 4.78 is 1.72. The normalized spacial score (nSPS) is 9.69. The van der Waals surface area contributed by atoms with E-state index >= 15 is 0 Å². The first-order valence-electron chi connectivity index (χ1n) is 4.15. The molecule has 0 aromatic carbocycles. The zero-order valence-electron chi connectivity index (χ0n) is 7.87. The van der Waals surface area contributed by atoms with E-state index in [-0.39, 0.29) is 5.91 Å². The molecule has 5 nitrogen and oxygen atoms in total. The SMILES string of the molecule is CC(=O)NCCNc1cnn(C)c1. The third-order valence-corrected chi connectivity index (χ3v) is 1.53. The number of rotatable bonds is 4. The van der Waals surface area contributed by atoms with Gasteiger partial charge >= 0.3 is 0 Å². The molecule has 13 heavy (non-hydrogen) atoms. The number of aromatic nitrogens is 2. The molecule has 0 aliphatic heterocycles. The summed E-state index contributed by atoms with van der Waals surface area (Å²) in [6, 6.07) is 0. The Morgan fingerprint density at radius 2 is 2.38 bits per heavy atom. The highest BCUT2D eigenvalue weighted by Gasteiger charge is 1.94. The molecule has 0 aliphatic rings. The number of amides is 1. The van der Waals surface area contributed by atoms with E-state index in [1.807, 2.05) is 13.2 Å². The third-order valence-electron chi connectivity index (χ3n) is 1.53. The summed E-state index contributed by atoms with van der Waals surface area (Å²) in [5, 5.41) is 9.81. The molecule has 2 N–H and O–H groups in total. The summed E-state index contributed by atoms with van der Waals surface area (Å²) in [6.45, 7) is 2.85. The van der Waals surface area contributed by atoms with Gasteiger partial charge in [0.05, 0.1) is 11.9 Å². The minimum Gasteiger partial charge on any atom is -0.381 e. The van der Waals surface area contributed by atoms with E-state index in [1.54, 1.807) is 10.9 Å². The van der Waals surface area contributed by atoms with E-state index < -0.39 is 0 Å².